The third-order valence-corrected chi connectivity index (χ3v) is 4.96. The smallest absolute Gasteiger partial charge is 0.0708 e. The van der Waals surface area contributed by atoms with Gasteiger partial charge in [0.05, 0.1) is 17.0 Å². The van der Waals surface area contributed by atoms with Crippen molar-refractivity contribution in [3.63, 3.8) is 0 Å². The van der Waals surface area contributed by atoms with Crippen molar-refractivity contribution in [1.29, 1.82) is 0 Å². The molecule has 0 radical (unpaired) electrons. The van der Waals surface area contributed by atoms with Gasteiger partial charge in [-0.3, -0.25) is 4.90 Å². The van der Waals surface area contributed by atoms with E-state index in [-0.39, 0.29) is 0 Å². The van der Waals surface area contributed by atoms with Crippen LogP contribution in [0.1, 0.15) is 4.88 Å². The molecule has 0 unspecified atom stereocenters. The zero-order valence-electron chi connectivity index (χ0n) is 10.6. The number of benzene rings is 1. The van der Waals surface area contributed by atoms with Gasteiger partial charge >= 0.3 is 0 Å². The van der Waals surface area contributed by atoms with Gasteiger partial charge in [-0.15, -0.1) is 11.3 Å². The fourth-order valence-corrected chi connectivity index (χ4v) is 4.10. The molecule has 1 aromatic carbocycles. The Balaban J connectivity index is 1.85. The molecule has 1 fully saturated rings. The van der Waals surface area contributed by atoms with Crippen LogP contribution in [0.25, 0.3) is 11.1 Å². The summed E-state index contributed by atoms with van der Waals surface area (Å²) in [5.41, 5.74) is 2.65. The molecule has 0 atom stereocenters. The minimum absolute atomic E-state index is 0.854. The molecule has 2 nitrogen and oxygen atoms in total. The molecule has 2 aromatic rings. The number of nitrogens with zero attached hydrogens (tertiary/aromatic N) is 1. The van der Waals surface area contributed by atoms with E-state index in [1.807, 2.05) is 11.3 Å². The Hall–Kier alpha value is -0.680. The van der Waals surface area contributed by atoms with Crippen LogP contribution < -0.4 is 0 Å². The number of rotatable bonds is 3. The van der Waals surface area contributed by atoms with Gasteiger partial charge in [-0.2, -0.15) is 0 Å². The second kappa shape index (κ2) is 6.18. The monoisotopic (exact) mass is 337 g/mol. The Morgan fingerprint density at radius 1 is 1.16 bits per heavy atom. The zero-order chi connectivity index (χ0) is 13.1. The first-order chi connectivity index (χ1) is 9.33. The topological polar surface area (TPSA) is 12.5 Å². The first-order valence-electron chi connectivity index (χ1n) is 6.46. The highest BCUT2D eigenvalue weighted by molar-refractivity contribution is 9.11. The third-order valence-electron chi connectivity index (χ3n) is 3.33. The van der Waals surface area contributed by atoms with E-state index in [0.717, 1.165) is 32.8 Å². The number of morpholine rings is 1. The summed E-state index contributed by atoms with van der Waals surface area (Å²) in [6.45, 7) is 4.79. The van der Waals surface area contributed by atoms with Gasteiger partial charge in [-0.05, 0) is 33.1 Å². The fraction of sp³-hybridized carbons (Fsp3) is 0.333. The van der Waals surface area contributed by atoms with Crippen molar-refractivity contribution in [3.05, 3.63) is 45.1 Å². The van der Waals surface area contributed by atoms with Crippen molar-refractivity contribution < 1.29 is 4.74 Å². The summed E-state index contributed by atoms with van der Waals surface area (Å²) < 4.78 is 6.61. The zero-order valence-corrected chi connectivity index (χ0v) is 13.0. The lowest BCUT2D eigenvalue weighted by atomic mass is 10.1. The summed E-state index contributed by atoms with van der Waals surface area (Å²) in [5.74, 6) is 0. The van der Waals surface area contributed by atoms with Gasteiger partial charge in [-0.25, -0.2) is 0 Å². The molecule has 0 saturated carbocycles. The van der Waals surface area contributed by atoms with Crippen LogP contribution in [0.3, 0.4) is 0 Å². The van der Waals surface area contributed by atoms with Crippen LogP contribution in [-0.2, 0) is 11.3 Å². The van der Waals surface area contributed by atoms with E-state index in [0.29, 0.717) is 0 Å². The normalized spacial score (nSPS) is 16.7. The Kier molecular flexibility index (Phi) is 4.33. The minimum Gasteiger partial charge on any atom is -0.379 e. The highest BCUT2D eigenvalue weighted by atomic mass is 79.9. The number of halogens is 1. The Labute approximate surface area is 126 Å². The molecule has 0 amide bonds. The lowest BCUT2D eigenvalue weighted by Crippen LogP contribution is -2.35. The standard InChI is InChI=1S/C15H16BrNOS/c16-15-10-13(12-4-2-1-3-5-12)14(19-15)11-17-6-8-18-9-7-17/h1-5,10H,6-9,11H2. The maximum absolute atomic E-state index is 5.41. The molecule has 1 aliphatic heterocycles. The van der Waals surface area contributed by atoms with Crippen molar-refractivity contribution >= 4 is 27.3 Å². The molecule has 100 valence electrons. The number of hydrogen-bond donors (Lipinski definition) is 0. The number of hydrogen-bond acceptors (Lipinski definition) is 3. The largest absolute Gasteiger partial charge is 0.379 e. The van der Waals surface area contributed by atoms with Crippen LogP contribution in [-0.4, -0.2) is 31.2 Å². The molecule has 1 aromatic heterocycles. The van der Waals surface area contributed by atoms with Crippen molar-refractivity contribution in [1.82, 2.24) is 4.90 Å². The summed E-state index contributed by atoms with van der Waals surface area (Å²) in [6, 6.07) is 12.8. The average Bonchev–Trinajstić information content (AvgIpc) is 2.82. The Morgan fingerprint density at radius 3 is 2.63 bits per heavy atom. The minimum atomic E-state index is 0.854. The second-order valence-corrected chi connectivity index (χ2v) is 7.16. The molecule has 0 aliphatic carbocycles. The molecule has 1 aliphatic rings. The molecule has 0 spiro atoms. The van der Waals surface area contributed by atoms with Gasteiger partial charge < -0.3 is 4.74 Å². The van der Waals surface area contributed by atoms with E-state index in [1.54, 1.807) is 0 Å². The molecule has 4 heteroatoms. The van der Waals surface area contributed by atoms with E-state index >= 15 is 0 Å². The van der Waals surface area contributed by atoms with Crippen LogP contribution in [0.4, 0.5) is 0 Å². The van der Waals surface area contributed by atoms with Crippen LogP contribution in [0.2, 0.25) is 0 Å². The van der Waals surface area contributed by atoms with Crippen molar-refractivity contribution in [2.24, 2.45) is 0 Å². The highest BCUT2D eigenvalue weighted by Crippen LogP contribution is 2.35. The van der Waals surface area contributed by atoms with E-state index in [9.17, 15) is 0 Å². The molecular formula is C15H16BrNOS. The molecule has 3 rings (SSSR count). The van der Waals surface area contributed by atoms with Gasteiger partial charge in [0, 0.05) is 24.5 Å². The van der Waals surface area contributed by atoms with Gasteiger partial charge in [0.2, 0.25) is 0 Å². The molecule has 2 heterocycles. The van der Waals surface area contributed by atoms with E-state index in [2.05, 4.69) is 57.2 Å². The predicted molar refractivity (Wildman–Crippen MR) is 83.6 cm³/mol. The SMILES string of the molecule is Brc1cc(-c2ccccc2)c(CN2CCOCC2)s1. The summed E-state index contributed by atoms with van der Waals surface area (Å²) in [7, 11) is 0. The Bertz CT molecular complexity index is 534. The van der Waals surface area contributed by atoms with Crippen molar-refractivity contribution in [3.8, 4) is 11.1 Å². The van der Waals surface area contributed by atoms with Crippen LogP contribution in [0.15, 0.2) is 40.2 Å². The van der Waals surface area contributed by atoms with Gasteiger partial charge in [0.1, 0.15) is 0 Å². The van der Waals surface area contributed by atoms with E-state index in [4.69, 9.17) is 4.74 Å². The van der Waals surface area contributed by atoms with E-state index < -0.39 is 0 Å². The summed E-state index contributed by atoms with van der Waals surface area (Å²) in [5, 5.41) is 0. The van der Waals surface area contributed by atoms with Gasteiger partial charge in [0.15, 0.2) is 0 Å². The van der Waals surface area contributed by atoms with Crippen molar-refractivity contribution in [2.75, 3.05) is 26.3 Å². The summed E-state index contributed by atoms with van der Waals surface area (Å²) >= 11 is 5.46. The Morgan fingerprint density at radius 2 is 1.89 bits per heavy atom. The number of thiophene rings is 1. The first kappa shape index (κ1) is 13.3. The number of ether oxygens (including phenoxy) is 1. The second-order valence-electron chi connectivity index (χ2n) is 4.64. The summed E-state index contributed by atoms with van der Waals surface area (Å²) in [6.07, 6.45) is 0. The molecule has 1 saturated heterocycles. The average molecular weight is 338 g/mol. The third kappa shape index (κ3) is 3.26. The van der Waals surface area contributed by atoms with Gasteiger partial charge in [0.25, 0.3) is 0 Å². The van der Waals surface area contributed by atoms with Crippen LogP contribution in [0.5, 0.6) is 0 Å². The molecule has 19 heavy (non-hydrogen) atoms. The molecular weight excluding hydrogens is 322 g/mol. The predicted octanol–water partition coefficient (Wildman–Crippen LogP) is 4.01. The molecule has 0 N–H and O–H groups in total. The lowest BCUT2D eigenvalue weighted by molar-refractivity contribution is 0.0347. The first-order valence-corrected chi connectivity index (χ1v) is 8.07. The summed E-state index contributed by atoms with van der Waals surface area (Å²) in [4.78, 5) is 3.90. The quantitative estimate of drug-likeness (QED) is 0.838. The maximum atomic E-state index is 5.41. The van der Waals surface area contributed by atoms with E-state index in [1.165, 1.54) is 19.8 Å². The lowest BCUT2D eigenvalue weighted by Gasteiger charge is -2.26. The highest BCUT2D eigenvalue weighted by Gasteiger charge is 2.15. The maximum Gasteiger partial charge on any atom is 0.0708 e. The fourth-order valence-electron chi connectivity index (χ4n) is 2.34. The van der Waals surface area contributed by atoms with Crippen LogP contribution >= 0.6 is 27.3 Å². The van der Waals surface area contributed by atoms with Gasteiger partial charge in [-0.1, -0.05) is 30.3 Å². The van der Waals surface area contributed by atoms with Crippen molar-refractivity contribution in [2.45, 2.75) is 6.54 Å². The van der Waals surface area contributed by atoms with Crippen LogP contribution in [0, 0.1) is 0 Å². The molecule has 0 bridgehead atoms.